The van der Waals surface area contributed by atoms with Crippen molar-refractivity contribution in [3.8, 4) is 11.8 Å². The summed E-state index contributed by atoms with van der Waals surface area (Å²) in [7, 11) is 0. The van der Waals surface area contributed by atoms with Gasteiger partial charge in [-0.2, -0.15) is 0 Å². The first-order chi connectivity index (χ1) is 7.15. The maximum absolute atomic E-state index is 11.2. The van der Waals surface area contributed by atoms with Crippen molar-refractivity contribution in [1.29, 1.82) is 0 Å². The molecule has 0 aromatic heterocycles. The van der Waals surface area contributed by atoms with E-state index in [4.69, 9.17) is 0 Å². The van der Waals surface area contributed by atoms with Crippen molar-refractivity contribution in [2.75, 3.05) is 5.33 Å². The Bertz CT molecular complexity index is 424. The Morgan fingerprint density at radius 2 is 2.20 bits per heavy atom. The number of hydrogen-bond acceptors (Lipinski definition) is 1. The number of carbonyl (C=O) groups is 1. The van der Waals surface area contributed by atoms with Gasteiger partial charge in [0.25, 0.3) is 0 Å². The first kappa shape index (κ1) is 12.0. The zero-order chi connectivity index (χ0) is 11.3. The number of ketones is 1. The molecule has 0 N–H and O–H groups in total. The van der Waals surface area contributed by atoms with E-state index in [1.807, 2.05) is 25.1 Å². The topological polar surface area (TPSA) is 17.1 Å². The van der Waals surface area contributed by atoms with Crippen LogP contribution in [0, 0.1) is 18.8 Å². The van der Waals surface area contributed by atoms with Crippen LogP contribution in [0.3, 0.4) is 0 Å². The molecule has 0 heterocycles. The SMILES string of the molecule is CC(=O)c1ccc(C#CCCBr)cc1C. The van der Waals surface area contributed by atoms with E-state index in [1.165, 1.54) is 0 Å². The predicted molar refractivity (Wildman–Crippen MR) is 66.5 cm³/mol. The zero-order valence-corrected chi connectivity index (χ0v) is 10.5. The van der Waals surface area contributed by atoms with Gasteiger partial charge in [-0.1, -0.05) is 27.8 Å². The molecular weight excluding hydrogens is 252 g/mol. The summed E-state index contributed by atoms with van der Waals surface area (Å²) in [6, 6.07) is 5.69. The fourth-order valence-corrected chi connectivity index (χ4v) is 1.55. The Balaban J connectivity index is 2.93. The highest BCUT2D eigenvalue weighted by molar-refractivity contribution is 9.09. The van der Waals surface area contributed by atoms with Crippen molar-refractivity contribution in [3.63, 3.8) is 0 Å². The molecular formula is C13H13BrO. The smallest absolute Gasteiger partial charge is 0.160 e. The molecule has 0 saturated heterocycles. The maximum atomic E-state index is 11.2. The van der Waals surface area contributed by atoms with Crippen molar-refractivity contribution in [3.05, 3.63) is 34.9 Å². The van der Waals surface area contributed by atoms with E-state index in [2.05, 4.69) is 27.8 Å². The molecule has 0 fully saturated rings. The molecule has 0 spiro atoms. The Labute approximate surface area is 99.0 Å². The summed E-state index contributed by atoms with van der Waals surface area (Å²) < 4.78 is 0. The number of halogens is 1. The number of Topliss-reactive ketones (excluding diaryl/α,β-unsaturated/α-hetero) is 1. The summed E-state index contributed by atoms with van der Waals surface area (Å²) in [5.74, 6) is 6.21. The van der Waals surface area contributed by atoms with Crippen molar-refractivity contribution < 1.29 is 4.79 Å². The molecule has 15 heavy (non-hydrogen) atoms. The quantitative estimate of drug-likeness (QED) is 0.455. The lowest BCUT2D eigenvalue weighted by atomic mass is 10.0. The Kier molecular flexibility index (Phi) is 4.58. The fourth-order valence-electron chi connectivity index (χ4n) is 1.35. The number of hydrogen-bond donors (Lipinski definition) is 0. The van der Waals surface area contributed by atoms with Gasteiger partial charge < -0.3 is 0 Å². The lowest BCUT2D eigenvalue weighted by Crippen LogP contribution is -1.95. The molecule has 1 aromatic rings. The molecule has 2 heteroatoms. The predicted octanol–water partition coefficient (Wildman–Crippen LogP) is 3.33. The number of aryl methyl sites for hydroxylation is 1. The van der Waals surface area contributed by atoms with E-state index in [0.717, 1.165) is 28.4 Å². The molecule has 0 aliphatic rings. The van der Waals surface area contributed by atoms with Gasteiger partial charge in [0.15, 0.2) is 5.78 Å². The van der Waals surface area contributed by atoms with Crippen molar-refractivity contribution in [2.24, 2.45) is 0 Å². The van der Waals surface area contributed by atoms with E-state index in [1.54, 1.807) is 6.92 Å². The third-order valence-electron chi connectivity index (χ3n) is 2.06. The van der Waals surface area contributed by atoms with Crippen LogP contribution in [0.1, 0.15) is 34.8 Å². The lowest BCUT2D eigenvalue weighted by molar-refractivity contribution is 0.101. The van der Waals surface area contributed by atoms with E-state index < -0.39 is 0 Å². The largest absolute Gasteiger partial charge is 0.295 e. The van der Waals surface area contributed by atoms with Crippen LogP contribution in [0.15, 0.2) is 18.2 Å². The van der Waals surface area contributed by atoms with Gasteiger partial charge in [0.2, 0.25) is 0 Å². The van der Waals surface area contributed by atoms with Crippen LogP contribution >= 0.6 is 15.9 Å². The first-order valence-corrected chi connectivity index (χ1v) is 5.93. The molecule has 0 saturated carbocycles. The van der Waals surface area contributed by atoms with Crippen LogP contribution in [0.25, 0.3) is 0 Å². The number of rotatable bonds is 2. The molecule has 0 aliphatic heterocycles. The fraction of sp³-hybridized carbons (Fsp3) is 0.308. The van der Waals surface area contributed by atoms with Crippen molar-refractivity contribution >= 4 is 21.7 Å². The number of carbonyl (C=O) groups excluding carboxylic acids is 1. The molecule has 0 bridgehead atoms. The van der Waals surface area contributed by atoms with Gasteiger partial charge in [0.05, 0.1) is 0 Å². The summed E-state index contributed by atoms with van der Waals surface area (Å²) in [5.41, 5.74) is 2.74. The monoisotopic (exact) mass is 264 g/mol. The van der Waals surface area contributed by atoms with E-state index >= 15 is 0 Å². The van der Waals surface area contributed by atoms with Crippen LogP contribution in [-0.2, 0) is 0 Å². The molecule has 0 atom stereocenters. The summed E-state index contributed by atoms with van der Waals surface area (Å²) >= 11 is 3.32. The lowest BCUT2D eigenvalue weighted by Gasteiger charge is -2.01. The Morgan fingerprint density at radius 1 is 1.47 bits per heavy atom. The highest BCUT2D eigenvalue weighted by atomic mass is 79.9. The van der Waals surface area contributed by atoms with E-state index in [-0.39, 0.29) is 5.78 Å². The second kappa shape index (κ2) is 5.72. The molecule has 0 aliphatic carbocycles. The van der Waals surface area contributed by atoms with Gasteiger partial charge >= 0.3 is 0 Å². The van der Waals surface area contributed by atoms with Gasteiger partial charge in [0, 0.05) is 22.9 Å². The van der Waals surface area contributed by atoms with Crippen LogP contribution in [-0.4, -0.2) is 11.1 Å². The van der Waals surface area contributed by atoms with Crippen molar-refractivity contribution in [1.82, 2.24) is 0 Å². The highest BCUT2D eigenvalue weighted by Crippen LogP contribution is 2.11. The van der Waals surface area contributed by atoms with Crippen molar-refractivity contribution in [2.45, 2.75) is 20.3 Å². The summed E-state index contributed by atoms with van der Waals surface area (Å²) in [6.07, 6.45) is 0.841. The van der Waals surface area contributed by atoms with Crippen LogP contribution in [0.2, 0.25) is 0 Å². The molecule has 1 rings (SSSR count). The average molecular weight is 265 g/mol. The third kappa shape index (κ3) is 3.53. The minimum atomic E-state index is 0.104. The summed E-state index contributed by atoms with van der Waals surface area (Å²) in [4.78, 5) is 11.2. The molecule has 78 valence electrons. The second-order valence-corrected chi connectivity index (χ2v) is 4.12. The molecule has 0 radical (unpaired) electrons. The van der Waals surface area contributed by atoms with E-state index in [9.17, 15) is 4.79 Å². The Hall–Kier alpha value is -1.07. The zero-order valence-electron chi connectivity index (χ0n) is 8.93. The second-order valence-electron chi connectivity index (χ2n) is 3.33. The third-order valence-corrected chi connectivity index (χ3v) is 2.45. The first-order valence-electron chi connectivity index (χ1n) is 4.81. The van der Waals surface area contributed by atoms with Crippen LogP contribution < -0.4 is 0 Å². The minimum absolute atomic E-state index is 0.104. The normalized spacial score (nSPS) is 9.27. The van der Waals surface area contributed by atoms with Crippen LogP contribution in [0.4, 0.5) is 0 Å². The van der Waals surface area contributed by atoms with Crippen LogP contribution in [0.5, 0.6) is 0 Å². The van der Waals surface area contributed by atoms with Gasteiger partial charge in [0.1, 0.15) is 0 Å². The van der Waals surface area contributed by atoms with Gasteiger partial charge in [-0.15, -0.1) is 0 Å². The summed E-state index contributed by atoms with van der Waals surface area (Å²) in [6.45, 7) is 3.52. The number of alkyl halides is 1. The number of benzene rings is 1. The average Bonchev–Trinajstić information content (AvgIpc) is 2.17. The van der Waals surface area contributed by atoms with Gasteiger partial charge in [-0.3, -0.25) is 4.79 Å². The standard InChI is InChI=1S/C13H13BrO/c1-10-9-12(5-3-4-8-14)6-7-13(10)11(2)15/h6-7,9H,4,8H2,1-2H3. The molecule has 0 unspecified atom stereocenters. The Morgan fingerprint density at radius 3 is 2.73 bits per heavy atom. The maximum Gasteiger partial charge on any atom is 0.160 e. The highest BCUT2D eigenvalue weighted by Gasteiger charge is 2.02. The van der Waals surface area contributed by atoms with Gasteiger partial charge in [-0.25, -0.2) is 0 Å². The molecule has 1 aromatic carbocycles. The molecule has 0 amide bonds. The van der Waals surface area contributed by atoms with Gasteiger partial charge in [-0.05, 0) is 37.6 Å². The van der Waals surface area contributed by atoms with E-state index in [0.29, 0.717) is 0 Å². The minimum Gasteiger partial charge on any atom is -0.295 e. The summed E-state index contributed by atoms with van der Waals surface area (Å²) in [5, 5.41) is 0.893. The molecule has 1 nitrogen and oxygen atoms in total.